The van der Waals surface area contributed by atoms with Gasteiger partial charge in [-0.25, -0.2) is 0 Å². The van der Waals surface area contributed by atoms with Crippen molar-refractivity contribution in [2.45, 2.75) is 45.2 Å². The summed E-state index contributed by atoms with van der Waals surface area (Å²) in [6.45, 7) is 5.76. The third-order valence-corrected chi connectivity index (χ3v) is 3.59. The van der Waals surface area contributed by atoms with Crippen molar-refractivity contribution in [3.8, 4) is 5.75 Å². The molecule has 1 aromatic rings. The topological polar surface area (TPSA) is 50.4 Å². The Labute approximate surface area is 120 Å². The van der Waals surface area contributed by atoms with Crippen LogP contribution in [0, 0.1) is 0 Å². The third-order valence-electron chi connectivity index (χ3n) is 3.59. The van der Waals surface area contributed by atoms with E-state index in [1.807, 2.05) is 31.2 Å². The van der Waals surface area contributed by atoms with Crippen LogP contribution in [0.3, 0.4) is 0 Å². The Kier molecular flexibility index (Phi) is 5.41. The lowest BCUT2D eigenvalue weighted by molar-refractivity contribution is -0.121. The number of carbonyl (C=O) groups is 1. The quantitative estimate of drug-likeness (QED) is 0.863. The van der Waals surface area contributed by atoms with Gasteiger partial charge in [-0.1, -0.05) is 12.1 Å². The number of ether oxygens (including phenoxy) is 1. The molecule has 2 N–H and O–H groups in total. The Morgan fingerprint density at radius 2 is 2.15 bits per heavy atom. The van der Waals surface area contributed by atoms with Gasteiger partial charge in [0.25, 0.3) is 0 Å². The van der Waals surface area contributed by atoms with E-state index in [-0.39, 0.29) is 5.91 Å². The van der Waals surface area contributed by atoms with Crippen molar-refractivity contribution in [3.63, 3.8) is 0 Å². The molecule has 4 nitrogen and oxygen atoms in total. The second-order valence-electron chi connectivity index (χ2n) is 5.40. The molecule has 1 heterocycles. The summed E-state index contributed by atoms with van der Waals surface area (Å²) in [4.78, 5) is 12.0. The molecule has 1 aromatic carbocycles. The minimum Gasteiger partial charge on any atom is -0.494 e. The average Bonchev–Trinajstić information content (AvgIpc) is 2.41. The average molecular weight is 276 g/mol. The highest BCUT2D eigenvalue weighted by Crippen LogP contribution is 2.13. The Balaban J connectivity index is 1.81. The summed E-state index contributed by atoms with van der Waals surface area (Å²) in [6.07, 6.45) is 2.46. The first-order valence-electron chi connectivity index (χ1n) is 7.42. The number of piperidine rings is 1. The zero-order chi connectivity index (χ0) is 14.4. The molecule has 4 heteroatoms. The Bertz CT molecular complexity index is 431. The zero-order valence-electron chi connectivity index (χ0n) is 12.3. The molecule has 0 radical (unpaired) electrons. The number of nitrogens with one attached hydrogen (secondary N) is 2. The summed E-state index contributed by atoms with van der Waals surface area (Å²) in [7, 11) is 0. The van der Waals surface area contributed by atoms with E-state index >= 15 is 0 Å². The summed E-state index contributed by atoms with van der Waals surface area (Å²) in [6, 6.07) is 8.53. The summed E-state index contributed by atoms with van der Waals surface area (Å²) in [5, 5.41) is 6.52. The van der Waals surface area contributed by atoms with Crippen LogP contribution in [0.4, 0.5) is 0 Å². The molecule has 2 unspecified atom stereocenters. The highest BCUT2D eigenvalue weighted by molar-refractivity contribution is 5.78. The molecule has 1 amide bonds. The molecule has 0 spiro atoms. The van der Waals surface area contributed by atoms with Crippen molar-refractivity contribution in [1.29, 1.82) is 0 Å². The van der Waals surface area contributed by atoms with Crippen LogP contribution in [-0.2, 0) is 11.2 Å². The van der Waals surface area contributed by atoms with Crippen LogP contribution in [0.15, 0.2) is 24.3 Å². The van der Waals surface area contributed by atoms with Crippen molar-refractivity contribution >= 4 is 5.91 Å². The van der Waals surface area contributed by atoms with Crippen LogP contribution in [-0.4, -0.2) is 31.1 Å². The predicted octanol–water partition coefficient (Wildman–Crippen LogP) is 1.88. The molecule has 2 rings (SSSR count). The van der Waals surface area contributed by atoms with Gasteiger partial charge < -0.3 is 15.4 Å². The van der Waals surface area contributed by atoms with E-state index in [1.54, 1.807) is 0 Å². The number of hydrogen-bond donors (Lipinski definition) is 2. The molecule has 1 saturated heterocycles. The Morgan fingerprint density at radius 1 is 1.40 bits per heavy atom. The molecular weight excluding hydrogens is 252 g/mol. The predicted molar refractivity (Wildman–Crippen MR) is 79.9 cm³/mol. The summed E-state index contributed by atoms with van der Waals surface area (Å²) in [5.41, 5.74) is 1.02. The standard InChI is InChI=1S/C16H24N2O2/c1-3-20-15-6-4-13(5-7-15)11-16(19)18-14-8-9-17-12(2)10-14/h4-7,12,14,17H,3,8-11H2,1-2H3,(H,18,19). The normalized spacial score (nSPS) is 22.3. The second-order valence-corrected chi connectivity index (χ2v) is 5.40. The highest BCUT2D eigenvalue weighted by Gasteiger charge is 2.19. The van der Waals surface area contributed by atoms with E-state index in [0.29, 0.717) is 25.1 Å². The van der Waals surface area contributed by atoms with Crippen LogP contribution in [0.1, 0.15) is 32.3 Å². The van der Waals surface area contributed by atoms with Gasteiger partial charge in [0.2, 0.25) is 5.91 Å². The van der Waals surface area contributed by atoms with E-state index in [0.717, 1.165) is 30.7 Å². The first kappa shape index (κ1) is 14.9. The van der Waals surface area contributed by atoms with Crippen LogP contribution in [0.5, 0.6) is 5.75 Å². The molecule has 1 fully saturated rings. The van der Waals surface area contributed by atoms with Gasteiger partial charge in [0, 0.05) is 12.1 Å². The lowest BCUT2D eigenvalue weighted by Gasteiger charge is -2.28. The molecule has 0 bridgehead atoms. The number of amides is 1. The molecule has 20 heavy (non-hydrogen) atoms. The maximum Gasteiger partial charge on any atom is 0.224 e. The second kappa shape index (κ2) is 7.29. The monoisotopic (exact) mass is 276 g/mol. The molecule has 110 valence electrons. The fourth-order valence-corrected chi connectivity index (χ4v) is 2.60. The van der Waals surface area contributed by atoms with Gasteiger partial charge in [-0.05, 0) is 50.9 Å². The van der Waals surface area contributed by atoms with E-state index in [1.165, 1.54) is 0 Å². The molecule has 0 saturated carbocycles. The van der Waals surface area contributed by atoms with Crippen molar-refractivity contribution in [2.24, 2.45) is 0 Å². The van der Waals surface area contributed by atoms with Crippen LogP contribution < -0.4 is 15.4 Å². The van der Waals surface area contributed by atoms with Crippen LogP contribution in [0.2, 0.25) is 0 Å². The fourth-order valence-electron chi connectivity index (χ4n) is 2.60. The molecular formula is C16H24N2O2. The van der Waals surface area contributed by atoms with Crippen molar-refractivity contribution in [3.05, 3.63) is 29.8 Å². The molecule has 0 aliphatic carbocycles. The minimum atomic E-state index is 0.105. The van der Waals surface area contributed by atoms with Gasteiger partial charge >= 0.3 is 0 Å². The third kappa shape index (κ3) is 4.53. The molecule has 1 aliphatic heterocycles. The first-order chi connectivity index (χ1) is 9.67. The van der Waals surface area contributed by atoms with E-state index in [4.69, 9.17) is 4.74 Å². The number of benzene rings is 1. The van der Waals surface area contributed by atoms with Gasteiger partial charge in [-0.15, -0.1) is 0 Å². The maximum atomic E-state index is 12.0. The number of rotatable bonds is 5. The Morgan fingerprint density at radius 3 is 2.80 bits per heavy atom. The van der Waals surface area contributed by atoms with E-state index in [9.17, 15) is 4.79 Å². The van der Waals surface area contributed by atoms with Crippen LogP contribution >= 0.6 is 0 Å². The highest BCUT2D eigenvalue weighted by atomic mass is 16.5. The van der Waals surface area contributed by atoms with E-state index < -0.39 is 0 Å². The summed E-state index contributed by atoms with van der Waals surface area (Å²) >= 11 is 0. The fraction of sp³-hybridized carbons (Fsp3) is 0.562. The number of carbonyl (C=O) groups excluding carboxylic acids is 1. The zero-order valence-corrected chi connectivity index (χ0v) is 12.3. The molecule has 1 aliphatic rings. The molecule has 2 atom stereocenters. The van der Waals surface area contributed by atoms with Crippen LogP contribution in [0.25, 0.3) is 0 Å². The van der Waals surface area contributed by atoms with Gasteiger partial charge in [-0.3, -0.25) is 4.79 Å². The summed E-state index contributed by atoms with van der Waals surface area (Å²) in [5.74, 6) is 0.956. The maximum absolute atomic E-state index is 12.0. The van der Waals surface area contributed by atoms with E-state index in [2.05, 4.69) is 17.6 Å². The SMILES string of the molecule is CCOc1ccc(CC(=O)NC2CCNC(C)C2)cc1. The molecule has 0 aromatic heterocycles. The van der Waals surface area contributed by atoms with Crippen molar-refractivity contribution in [1.82, 2.24) is 10.6 Å². The van der Waals surface area contributed by atoms with Gasteiger partial charge in [-0.2, -0.15) is 0 Å². The first-order valence-corrected chi connectivity index (χ1v) is 7.42. The summed E-state index contributed by atoms with van der Waals surface area (Å²) < 4.78 is 5.39. The van der Waals surface area contributed by atoms with Crippen molar-refractivity contribution < 1.29 is 9.53 Å². The Hall–Kier alpha value is -1.55. The lowest BCUT2D eigenvalue weighted by atomic mass is 10.0. The van der Waals surface area contributed by atoms with Crippen molar-refractivity contribution in [2.75, 3.05) is 13.2 Å². The van der Waals surface area contributed by atoms with Gasteiger partial charge in [0.15, 0.2) is 0 Å². The minimum absolute atomic E-state index is 0.105. The largest absolute Gasteiger partial charge is 0.494 e. The number of hydrogen-bond acceptors (Lipinski definition) is 3. The van der Waals surface area contributed by atoms with Gasteiger partial charge in [0.05, 0.1) is 13.0 Å². The smallest absolute Gasteiger partial charge is 0.224 e. The lowest BCUT2D eigenvalue weighted by Crippen LogP contribution is -2.46. The van der Waals surface area contributed by atoms with Gasteiger partial charge in [0.1, 0.15) is 5.75 Å².